The lowest BCUT2D eigenvalue weighted by molar-refractivity contribution is 0.110. The van der Waals surface area contributed by atoms with E-state index in [0.717, 1.165) is 31.7 Å². The molecule has 0 bridgehead atoms. The average Bonchev–Trinajstić information content (AvgIpc) is 2.82. The number of hydrogen-bond donors (Lipinski definition) is 1. The Morgan fingerprint density at radius 1 is 1.59 bits per heavy atom. The zero-order valence-electron chi connectivity index (χ0n) is 10.2. The number of aromatic nitrogens is 2. The largest absolute Gasteiger partial charge is 0.377 e. The summed E-state index contributed by atoms with van der Waals surface area (Å²) in [5.74, 6) is -0.252. The molecule has 0 saturated carbocycles. The Hall–Kier alpha value is -0.650. The predicted octanol–water partition coefficient (Wildman–Crippen LogP) is 1.56. The summed E-state index contributed by atoms with van der Waals surface area (Å²) in [6.07, 6.45) is 2.52. The summed E-state index contributed by atoms with van der Waals surface area (Å²) in [4.78, 5) is 0. The maximum absolute atomic E-state index is 13.6. The molecule has 1 fully saturated rings. The van der Waals surface area contributed by atoms with E-state index in [4.69, 9.17) is 4.74 Å². The molecule has 0 spiro atoms. The molecular formula is C11H19ClFN3O. The van der Waals surface area contributed by atoms with Crippen molar-refractivity contribution in [2.24, 2.45) is 7.05 Å². The first-order chi connectivity index (χ1) is 7.68. The van der Waals surface area contributed by atoms with Gasteiger partial charge in [-0.05, 0) is 19.8 Å². The number of nitrogens with zero attached hydrogens (tertiary/aromatic N) is 2. The molecular weight excluding hydrogens is 245 g/mol. The van der Waals surface area contributed by atoms with Crippen LogP contribution in [0.5, 0.6) is 0 Å². The number of rotatable bonds is 4. The number of halogens is 2. The molecule has 1 aliphatic heterocycles. The number of hydrogen-bond acceptors (Lipinski definition) is 3. The van der Waals surface area contributed by atoms with Crippen LogP contribution < -0.4 is 5.32 Å². The standard InChI is InChI=1S/C11H18FN3O.ClH/c1-8-10(11(12)15(2)14-8)7-13-6-9-4-3-5-16-9;/h9,13H,3-7H2,1-2H3;1H. The van der Waals surface area contributed by atoms with Crippen LogP contribution in [0.2, 0.25) is 0 Å². The highest BCUT2D eigenvalue weighted by Gasteiger charge is 2.16. The monoisotopic (exact) mass is 263 g/mol. The molecule has 6 heteroatoms. The molecule has 1 aromatic heterocycles. The summed E-state index contributed by atoms with van der Waals surface area (Å²) >= 11 is 0. The van der Waals surface area contributed by atoms with Crippen molar-refractivity contribution >= 4 is 12.4 Å². The molecule has 2 heterocycles. The molecule has 2 rings (SSSR count). The van der Waals surface area contributed by atoms with Crippen molar-refractivity contribution in [3.8, 4) is 0 Å². The van der Waals surface area contributed by atoms with E-state index in [-0.39, 0.29) is 18.4 Å². The van der Waals surface area contributed by atoms with Crippen molar-refractivity contribution in [1.29, 1.82) is 0 Å². The molecule has 1 aromatic rings. The first-order valence-electron chi connectivity index (χ1n) is 5.68. The Morgan fingerprint density at radius 3 is 2.88 bits per heavy atom. The molecule has 0 radical (unpaired) electrons. The smallest absolute Gasteiger partial charge is 0.215 e. The van der Waals surface area contributed by atoms with Crippen LogP contribution in [0.3, 0.4) is 0 Å². The van der Waals surface area contributed by atoms with Crippen molar-refractivity contribution in [1.82, 2.24) is 15.1 Å². The van der Waals surface area contributed by atoms with E-state index in [1.165, 1.54) is 4.68 Å². The second kappa shape index (κ2) is 6.33. The summed E-state index contributed by atoms with van der Waals surface area (Å²) in [5.41, 5.74) is 1.40. The third kappa shape index (κ3) is 3.40. The molecule has 17 heavy (non-hydrogen) atoms. The quantitative estimate of drug-likeness (QED) is 0.896. The minimum atomic E-state index is -0.252. The average molecular weight is 264 g/mol. The molecule has 98 valence electrons. The van der Waals surface area contributed by atoms with Gasteiger partial charge in [0.1, 0.15) is 0 Å². The van der Waals surface area contributed by atoms with Gasteiger partial charge in [-0.2, -0.15) is 9.49 Å². The zero-order valence-corrected chi connectivity index (χ0v) is 11.0. The second-order valence-corrected chi connectivity index (χ2v) is 4.24. The lowest BCUT2D eigenvalue weighted by Gasteiger charge is -2.10. The Morgan fingerprint density at radius 2 is 2.35 bits per heavy atom. The SMILES string of the molecule is Cc1nn(C)c(F)c1CNCC1CCCO1.Cl. The van der Waals surface area contributed by atoms with Gasteiger partial charge < -0.3 is 10.1 Å². The molecule has 0 amide bonds. The second-order valence-electron chi connectivity index (χ2n) is 4.24. The topological polar surface area (TPSA) is 39.1 Å². The summed E-state index contributed by atoms with van der Waals surface area (Å²) in [7, 11) is 1.62. The van der Waals surface area contributed by atoms with Crippen molar-refractivity contribution < 1.29 is 9.13 Å². The number of ether oxygens (including phenoxy) is 1. The molecule has 1 saturated heterocycles. The fourth-order valence-electron chi connectivity index (χ4n) is 2.04. The van der Waals surface area contributed by atoms with Gasteiger partial charge in [-0.25, -0.2) is 4.68 Å². The van der Waals surface area contributed by atoms with E-state index >= 15 is 0 Å². The Labute approximate surface area is 107 Å². The van der Waals surface area contributed by atoms with E-state index in [1.54, 1.807) is 7.05 Å². The van der Waals surface area contributed by atoms with Crippen LogP contribution in [0.15, 0.2) is 0 Å². The first kappa shape index (κ1) is 14.4. The van der Waals surface area contributed by atoms with Crippen LogP contribution in [0, 0.1) is 12.9 Å². The van der Waals surface area contributed by atoms with E-state index < -0.39 is 0 Å². The van der Waals surface area contributed by atoms with E-state index in [2.05, 4.69) is 10.4 Å². The molecule has 0 aromatic carbocycles. The van der Waals surface area contributed by atoms with Crippen molar-refractivity contribution in [2.45, 2.75) is 32.4 Å². The summed E-state index contributed by atoms with van der Waals surface area (Å²) in [6, 6.07) is 0. The summed E-state index contributed by atoms with van der Waals surface area (Å²) in [6.45, 7) is 3.98. The van der Waals surface area contributed by atoms with E-state index in [9.17, 15) is 4.39 Å². The molecule has 0 aliphatic carbocycles. The highest BCUT2D eigenvalue weighted by Crippen LogP contribution is 2.13. The molecule has 1 aliphatic rings. The lowest BCUT2D eigenvalue weighted by atomic mass is 10.2. The van der Waals surface area contributed by atoms with Crippen molar-refractivity contribution in [3.63, 3.8) is 0 Å². The maximum atomic E-state index is 13.6. The zero-order chi connectivity index (χ0) is 11.5. The Kier molecular flexibility index (Phi) is 5.36. The fraction of sp³-hybridized carbons (Fsp3) is 0.727. The fourth-order valence-corrected chi connectivity index (χ4v) is 2.04. The minimum Gasteiger partial charge on any atom is -0.377 e. The van der Waals surface area contributed by atoms with E-state index in [1.807, 2.05) is 6.92 Å². The molecule has 1 atom stereocenters. The van der Waals surface area contributed by atoms with Gasteiger partial charge in [-0.3, -0.25) is 0 Å². The summed E-state index contributed by atoms with van der Waals surface area (Å²) < 4.78 is 20.3. The highest BCUT2D eigenvalue weighted by molar-refractivity contribution is 5.85. The van der Waals surface area contributed by atoms with Gasteiger partial charge in [-0.1, -0.05) is 0 Å². The molecule has 1 unspecified atom stereocenters. The maximum Gasteiger partial charge on any atom is 0.215 e. The third-order valence-corrected chi connectivity index (χ3v) is 2.97. The van der Waals surface area contributed by atoms with E-state index in [0.29, 0.717) is 18.2 Å². The third-order valence-electron chi connectivity index (χ3n) is 2.97. The van der Waals surface area contributed by atoms with Gasteiger partial charge in [-0.15, -0.1) is 12.4 Å². The Balaban J connectivity index is 0.00000144. The van der Waals surface area contributed by atoms with Crippen LogP contribution in [-0.2, 0) is 18.3 Å². The van der Waals surface area contributed by atoms with Crippen LogP contribution in [0.25, 0.3) is 0 Å². The van der Waals surface area contributed by atoms with Crippen molar-refractivity contribution in [3.05, 3.63) is 17.2 Å². The van der Waals surface area contributed by atoms with Gasteiger partial charge in [0, 0.05) is 32.3 Å². The van der Waals surface area contributed by atoms with Gasteiger partial charge >= 0.3 is 0 Å². The molecule has 4 nitrogen and oxygen atoms in total. The van der Waals surface area contributed by atoms with Crippen LogP contribution in [0.1, 0.15) is 24.1 Å². The van der Waals surface area contributed by atoms with Crippen molar-refractivity contribution in [2.75, 3.05) is 13.2 Å². The molecule has 1 N–H and O–H groups in total. The normalized spacial score (nSPS) is 19.4. The van der Waals surface area contributed by atoms with Crippen LogP contribution in [-0.4, -0.2) is 29.0 Å². The highest BCUT2D eigenvalue weighted by atomic mass is 35.5. The first-order valence-corrected chi connectivity index (χ1v) is 5.68. The van der Waals surface area contributed by atoms with Crippen LogP contribution in [0.4, 0.5) is 4.39 Å². The van der Waals surface area contributed by atoms with Crippen LogP contribution >= 0.6 is 12.4 Å². The Bertz CT molecular complexity index is 364. The number of nitrogens with one attached hydrogen (secondary N) is 1. The van der Waals surface area contributed by atoms with Gasteiger partial charge in [0.15, 0.2) is 0 Å². The summed E-state index contributed by atoms with van der Waals surface area (Å²) in [5, 5.41) is 7.25. The van der Waals surface area contributed by atoms with Gasteiger partial charge in [0.2, 0.25) is 5.95 Å². The lowest BCUT2D eigenvalue weighted by Crippen LogP contribution is -2.26. The van der Waals surface area contributed by atoms with Gasteiger partial charge in [0.05, 0.1) is 11.8 Å². The predicted molar refractivity (Wildman–Crippen MR) is 65.8 cm³/mol. The minimum absolute atomic E-state index is 0. The van der Waals surface area contributed by atoms with Gasteiger partial charge in [0.25, 0.3) is 0 Å². The number of aryl methyl sites for hydroxylation is 2.